The van der Waals surface area contributed by atoms with Crippen molar-refractivity contribution in [2.75, 3.05) is 33.3 Å². The highest BCUT2D eigenvalue weighted by Crippen LogP contribution is 2.17. The van der Waals surface area contributed by atoms with Crippen LogP contribution in [0.2, 0.25) is 0 Å². The van der Waals surface area contributed by atoms with Gasteiger partial charge in [0.2, 0.25) is 0 Å². The minimum Gasteiger partial charge on any atom is -0.497 e. The lowest BCUT2D eigenvalue weighted by molar-refractivity contribution is -0.384. The molecular weight excluding hydrogens is 346 g/mol. The van der Waals surface area contributed by atoms with Gasteiger partial charge in [-0.3, -0.25) is 19.8 Å². The van der Waals surface area contributed by atoms with Crippen LogP contribution in [0.1, 0.15) is 22.3 Å². The zero-order valence-corrected chi connectivity index (χ0v) is 15.3. The number of benzene rings is 2. The highest BCUT2D eigenvalue weighted by molar-refractivity contribution is 5.94. The lowest BCUT2D eigenvalue weighted by Crippen LogP contribution is -2.35. The number of non-ortho nitro benzene ring substituents is 1. The van der Waals surface area contributed by atoms with Gasteiger partial charge in [-0.15, -0.1) is 0 Å². The summed E-state index contributed by atoms with van der Waals surface area (Å²) >= 11 is 0. The minimum absolute atomic E-state index is 0.0195. The molecule has 27 heavy (non-hydrogen) atoms. The lowest BCUT2D eigenvalue weighted by atomic mass is 10.2. The molecule has 3 rings (SSSR count). The van der Waals surface area contributed by atoms with Crippen LogP contribution in [-0.4, -0.2) is 53.9 Å². The normalized spacial score (nSPS) is 15.2. The molecule has 1 heterocycles. The molecular formula is C20H23N3O4. The fourth-order valence-corrected chi connectivity index (χ4v) is 3.25. The van der Waals surface area contributed by atoms with Gasteiger partial charge in [-0.05, 0) is 30.2 Å². The average Bonchev–Trinajstić information content (AvgIpc) is 2.93. The van der Waals surface area contributed by atoms with E-state index in [4.69, 9.17) is 4.74 Å². The van der Waals surface area contributed by atoms with E-state index in [2.05, 4.69) is 4.90 Å². The second-order valence-electron chi connectivity index (χ2n) is 6.58. The van der Waals surface area contributed by atoms with Crippen molar-refractivity contribution < 1.29 is 14.5 Å². The number of amides is 1. The van der Waals surface area contributed by atoms with Crippen LogP contribution in [-0.2, 0) is 6.54 Å². The fourth-order valence-electron chi connectivity index (χ4n) is 3.25. The van der Waals surface area contributed by atoms with E-state index < -0.39 is 4.92 Å². The summed E-state index contributed by atoms with van der Waals surface area (Å²) in [5, 5.41) is 10.8. The summed E-state index contributed by atoms with van der Waals surface area (Å²) in [6, 6.07) is 13.9. The number of hydrogen-bond donors (Lipinski definition) is 0. The molecule has 7 nitrogen and oxygen atoms in total. The first-order chi connectivity index (χ1) is 13.1. The Kier molecular flexibility index (Phi) is 6.03. The minimum atomic E-state index is -0.391. The molecule has 0 N–H and O–H groups in total. The molecule has 0 radical (unpaired) electrons. The maximum absolute atomic E-state index is 12.8. The van der Waals surface area contributed by atoms with Crippen LogP contribution < -0.4 is 4.74 Å². The van der Waals surface area contributed by atoms with E-state index in [1.165, 1.54) is 12.1 Å². The molecule has 0 spiro atoms. The second kappa shape index (κ2) is 8.64. The summed E-state index contributed by atoms with van der Waals surface area (Å²) in [6.45, 7) is 3.75. The lowest BCUT2D eigenvalue weighted by Gasteiger charge is -2.22. The van der Waals surface area contributed by atoms with Gasteiger partial charge in [-0.25, -0.2) is 0 Å². The van der Waals surface area contributed by atoms with Gasteiger partial charge in [0.1, 0.15) is 5.75 Å². The largest absolute Gasteiger partial charge is 0.497 e. The molecule has 2 aromatic rings. The van der Waals surface area contributed by atoms with Crippen LogP contribution in [0.4, 0.5) is 5.69 Å². The molecule has 0 aromatic heterocycles. The molecule has 0 aliphatic carbocycles. The Morgan fingerprint density at radius 3 is 2.59 bits per heavy atom. The number of carbonyl (C=O) groups excluding carboxylic acids is 1. The predicted octanol–water partition coefficient (Wildman–Crippen LogP) is 2.95. The SMILES string of the molecule is COc1cccc(C(=O)N2CCCN(Cc3ccc([N+](=O)[O-])cc3)CC2)c1. The second-order valence-corrected chi connectivity index (χ2v) is 6.58. The summed E-state index contributed by atoms with van der Waals surface area (Å²) in [4.78, 5) is 27.3. The Labute approximate surface area is 158 Å². The van der Waals surface area contributed by atoms with Gasteiger partial charge in [-0.1, -0.05) is 18.2 Å². The molecule has 1 amide bonds. The van der Waals surface area contributed by atoms with Gasteiger partial charge in [0, 0.05) is 50.4 Å². The Bertz CT molecular complexity index is 807. The Hall–Kier alpha value is -2.93. The summed E-state index contributed by atoms with van der Waals surface area (Å²) in [6.07, 6.45) is 0.892. The number of hydrogen-bond acceptors (Lipinski definition) is 5. The molecule has 142 valence electrons. The number of nitro benzene ring substituents is 1. The zero-order valence-electron chi connectivity index (χ0n) is 15.3. The van der Waals surface area contributed by atoms with Crippen LogP contribution >= 0.6 is 0 Å². The first kappa shape index (κ1) is 18.8. The number of nitro groups is 1. The zero-order chi connectivity index (χ0) is 19.2. The predicted molar refractivity (Wildman–Crippen MR) is 102 cm³/mol. The van der Waals surface area contributed by atoms with E-state index in [0.29, 0.717) is 24.4 Å². The van der Waals surface area contributed by atoms with E-state index in [1.54, 1.807) is 25.3 Å². The topological polar surface area (TPSA) is 75.9 Å². The van der Waals surface area contributed by atoms with Crippen molar-refractivity contribution in [3.8, 4) is 5.75 Å². The van der Waals surface area contributed by atoms with Crippen LogP contribution in [0, 0.1) is 10.1 Å². The summed E-state index contributed by atoms with van der Waals surface area (Å²) < 4.78 is 5.20. The third-order valence-corrected chi connectivity index (χ3v) is 4.75. The van der Waals surface area contributed by atoms with Crippen molar-refractivity contribution in [3.63, 3.8) is 0 Å². The molecule has 1 saturated heterocycles. The van der Waals surface area contributed by atoms with Crippen molar-refractivity contribution in [1.29, 1.82) is 0 Å². The summed E-state index contributed by atoms with van der Waals surface area (Å²) in [7, 11) is 1.59. The number of methoxy groups -OCH3 is 1. The van der Waals surface area contributed by atoms with Gasteiger partial charge >= 0.3 is 0 Å². The fraction of sp³-hybridized carbons (Fsp3) is 0.350. The number of ether oxygens (including phenoxy) is 1. The first-order valence-electron chi connectivity index (χ1n) is 8.96. The van der Waals surface area contributed by atoms with Gasteiger partial charge < -0.3 is 9.64 Å². The van der Waals surface area contributed by atoms with Crippen molar-refractivity contribution >= 4 is 11.6 Å². The molecule has 1 aliphatic rings. The highest BCUT2D eigenvalue weighted by Gasteiger charge is 2.21. The Morgan fingerprint density at radius 1 is 1.11 bits per heavy atom. The number of carbonyl (C=O) groups is 1. The van der Waals surface area contributed by atoms with Gasteiger partial charge in [0.25, 0.3) is 11.6 Å². The summed E-state index contributed by atoms with van der Waals surface area (Å²) in [5.41, 5.74) is 1.77. The third-order valence-electron chi connectivity index (χ3n) is 4.75. The van der Waals surface area contributed by atoms with E-state index in [9.17, 15) is 14.9 Å². The van der Waals surface area contributed by atoms with Crippen molar-refractivity contribution in [2.24, 2.45) is 0 Å². The number of nitrogens with zero attached hydrogens (tertiary/aromatic N) is 3. The van der Waals surface area contributed by atoms with E-state index in [1.807, 2.05) is 23.1 Å². The molecule has 0 saturated carbocycles. The van der Waals surface area contributed by atoms with Crippen molar-refractivity contribution in [1.82, 2.24) is 9.80 Å². The van der Waals surface area contributed by atoms with E-state index in [0.717, 1.165) is 31.6 Å². The van der Waals surface area contributed by atoms with Crippen LogP contribution in [0.15, 0.2) is 48.5 Å². The molecule has 2 aromatic carbocycles. The standard InChI is InChI=1S/C20H23N3O4/c1-27-19-5-2-4-17(14-19)20(24)22-11-3-10-21(12-13-22)15-16-6-8-18(9-7-16)23(25)26/h2,4-9,14H,3,10-13,15H2,1H3. The molecule has 1 fully saturated rings. The molecule has 0 atom stereocenters. The smallest absolute Gasteiger partial charge is 0.269 e. The monoisotopic (exact) mass is 369 g/mol. The van der Waals surface area contributed by atoms with Crippen molar-refractivity contribution in [3.05, 3.63) is 69.8 Å². The average molecular weight is 369 g/mol. The number of rotatable bonds is 5. The van der Waals surface area contributed by atoms with E-state index >= 15 is 0 Å². The highest BCUT2D eigenvalue weighted by atomic mass is 16.6. The Balaban J connectivity index is 1.59. The molecule has 1 aliphatic heterocycles. The Morgan fingerprint density at radius 2 is 1.89 bits per heavy atom. The maximum Gasteiger partial charge on any atom is 0.269 e. The molecule has 7 heteroatoms. The van der Waals surface area contributed by atoms with E-state index in [-0.39, 0.29) is 11.6 Å². The van der Waals surface area contributed by atoms with Gasteiger partial charge in [-0.2, -0.15) is 0 Å². The van der Waals surface area contributed by atoms with Crippen LogP contribution in [0.5, 0.6) is 5.75 Å². The summed E-state index contributed by atoms with van der Waals surface area (Å²) in [5.74, 6) is 0.696. The maximum atomic E-state index is 12.8. The molecule has 0 unspecified atom stereocenters. The quantitative estimate of drug-likeness (QED) is 0.598. The third kappa shape index (κ3) is 4.83. The van der Waals surface area contributed by atoms with Crippen molar-refractivity contribution in [2.45, 2.75) is 13.0 Å². The molecule has 0 bridgehead atoms. The van der Waals surface area contributed by atoms with Gasteiger partial charge in [0.05, 0.1) is 12.0 Å². The van der Waals surface area contributed by atoms with Crippen LogP contribution in [0.25, 0.3) is 0 Å². The first-order valence-corrected chi connectivity index (χ1v) is 8.96. The van der Waals surface area contributed by atoms with Crippen LogP contribution in [0.3, 0.4) is 0 Å². The van der Waals surface area contributed by atoms with Gasteiger partial charge in [0.15, 0.2) is 0 Å².